The summed E-state index contributed by atoms with van der Waals surface area (Å²) in [5, 5.41) is 3.66. The Bertz CT molecular complexity index is 268. The normalized spacial score (nSPS) is 28.7. The Morgan fingerprint density at radius 3 is 2.53 bits per heavy atom. The van der Waals surface area contributed by atoms with Gasteiger partial charge in [-0.1, -0.05) is 0 Å². The van der Waals surface area contributed by atoms with E-state index in [1.165, 1.54) is 38.9 Å². The molecule has 2 unspecified atom stereocenters. The third-order valence-electron chi connectivity index (χ3n) is 4.76. The standard InChI is InChI=1S/C16H32N2O/c1-13(15-6-9-19-10-7-15)18-8-5-14(12-18)11-17-16(2,3)4/h13-15,17H,5-12H2,1-4H3. The first-order valence-electron chi connectivity index (χ1n) is 8.02. The van der Waals surface area contributed by atoms with Gasteiger partial charge in [0.25, 0.3) is 0 Å². The Morgan fingerprint density at radius 1 is 1.21 bits per heavy atom. The molecule has 0 aromatic rings. The number of ether oxygens (including phenoxy) is 1. The first-order chi connectivity index (χ1) is 8.96. The fourth-order valence-corrected chi connectivity index (χ4v) is 3.35. The Kier molecular flexibility index (Phi) is 5.27. The Hall–Kier alpha value is -0.120. The highest BCUT2D eigenvalue weighted by atomic mass is 16.5. The Labute approximate surface area is 119 Å². The molecule has 3 nitrogen and oxygen atoms in total. The van der Waals surface area contributed by atoms with Gasteiger partial charge < -0.3 is 15.0 Å². The minimum atomic E-state index is 0.250. The predicted octanol–water partition coefficient (Wildman–Crippen LogP) is 2.51. The molecule has 0 spiro atoms. The van der Waals surface area contributed by atoms with Crippen molar-refractivity contribution in [2.75, 3.05) is 32.8 Å². The summed E-state index contributed by atoms with van der Waals surface area (Å²) >= 11 is 0. The van der Waals surface area contributed by atoms with Gasteiger partial charge in [-0.3, -0.25) is 0 Å². The van der Waals surface area contributed by atoms with Gasteiger partial charge in [0.2, 0.25) is 0 Å². The number of hydrogen-bond acceptors (Lipinski definition) is 3. The maximum absolute atomic E-state index is 5.48. The van der Waals surface area contributed by atoms with Gasteiger partial charge in [-0.05, 0) is 71.9 Å². The molecule has 2 heterocycles. The molecule has 2 fully saturated rings. The van der Waals surface area contributed by atoms with Crippen molar-refractivity contribution in [3.05, 3.63) is 0 Å². The molecular weight excluding hydrogens is 236 g/mol. The van der Waals surface area contributed by atoms with Crippen LogP contribution in [0.4, 0.5) is 0 Å². The number of hydrogen-bond donors (Lipinski definition) is 1. The van der Waals surface area contributed by atoms with E-state index in [-0.39, 0.29) is 5.54 Å². The molecule has 0 amide bonds. The van der Waals surface area contributed by atoms with Crippen molar-refractivity contribution in [3.8, 4) is 0 Å². The largest absolute Gasteiger partial charge is 0.381 e. The summed E-state index contributed by atoms with van der Waals surface area (Å²) < 4.78 is 5.48. The monoisotopic (exact) mass is 268 g/mol. The molecule has 0 aliphatic carbocycles. The lowest BCUT2D eigenvalue weighted by Crippen LogP contribution is -2.42. The lowest BCUT2D eigenvalue weighted by Gasteiger charge is -2.34. The molecule has 19 heavy (non-hydrogen) atoms. The van der Waals surface area contributed by atoms with E-state index in [0.717, 1.165) is 31.1 Å². The van der Waals surface area contributed by atoms with Crippen LogP contribution in [0.1, 0.15) is 47.0 Å². The van der Waals surface area contributed by atoms with Crippen LogP contribution in [0.5, 0.6) is 0 Å². The molecule has 0 aromatic heterocycles. The summed E-state index contributed by atoms with van der Waals surface area (Å²) in [6.07, 6.45) is 3.86. The minimum Gasteiger partial charge on any atom is -0.381 e. The highest BCUT2D eigenvalue weighted by Crippen LogP contribution is 2.27. The van der Waals surface area contributed by atoms with Crippen LogP contribution in [0, 0.1) is 11.8 Å². The van der Waals surface area contributed by atoms with E-state index in [4.69, 9.17) is 4.74 Å². The molecule has 2 atom stereocenters. The van der Waals surface area contributed by atoms with Gasteiger partial charge >= 0.3 is 0 Å². The molecule has 2 saturated heterocycles. The highest BCUT2D eigenvalue weighted by Gasteiger charge is 2.31. The van der Waals surface area contributed by atoms with Gasteiger partial charge in [-0.15, -0.1) is 0 Å². The molecule has 0 bridgehead atoms. The second-order valence-corrected chi connectivity index (χ2v) is 7.47. The summed E-state index contributed by atoms with van der Waals surface area (Å²) in [7, 11) is 0. The zero-order valence-electron chi connectivity index (χ0n) is 13.2. The smallest absolute Gasteiger partial charge is 0.0469 e. The zero-order chi connectivity index (χ0) is 13.9. The minimum absolute atomic E-state index is 0.250. The summed E-state index contributed by atoms with van der Waals surface area (Å²) in [6, 6.07) is 0.739. The first kappa shape index (κ1) is 15.3. The van der Waals surface area contributed by atoms with Crippen molar-refractivity contribution in [1.29, 1.82) is 0 Å². The second kappa shape index (κ2) is 6.55. The summed E-state index contributed by atoms with van der Waals surface area (Å²) in [5.74, 6) is 1.68. The van der Waals surface area contributed by atoms with Crippen LogP contribution < -0.4 is 5.32 Å². The maximum Gasteiger partial charge on any atom is 0.0469 e. The number of rotatable bonds is 4. The van der Waals surface area contributed by atoms with Crippen LogP contribution in [0.2, 0.25) is 0 Å². The molecule has 2 rings (SSSR count). The number of nitrogens with one attached hydrogen (secondary N) is 1. The SMILES string of the molecule is CC(C1CCOCC1)N1CCC(CNC(C)(C)C)C1. The van der Waals surface area contributed by atoms with Crippen molar-refractivity contribution in [3.63, 3.8) is 0 Å². The molecule has 2 aliphatic rings. The van der Waals surface area contributed by atoms with E-state index < -0.39 is 0 Å². The van der Waals surface area contributed by atoms with Crippen LogP contribution in [0.15, 0.2) is 0 Å². The van der Waals surface area contributed by atoms with E-state index in [1.807, 2.05) is 0 Å². The average molecular weight is 268 g/mol. The third kappa shape index (κ3) is 4.73. The molecular formula is C16H32N2O. The molecule has 112 valence electrons. The van der Waals surface area contributed by atoms with Crippen LogP contribution in [-0.2, 0) is 4.74 Å². The average Bonchev–Trinajstić information content (AvgIpc) is 2.84. The van der Waals surface area contributed by atoms with E-state index in [1.54, 1.807) is 0 Å². The van der Waals surface area contributed by atoms with Crippen molar-refractivity contribution in [2.24, 2.45) is 11.8 Å². The molecule has 3 heteroatoms. The molecule has 0 radical (unpaired) electrons. The third-order valence-corrected chi connectivity index (χ3v) is 4.76. The summed E-state index contributed by atoms with van der Waals surface area (Å²) in [5.41, 5.74) is 0.250. The van der Waals surface area contributed by atoms with E-state index in [9.17, 15) is 0 Å². The van der Waals surface area contributed by atoms with Crippen molar-refractivity contribution >= 4 is 0 Å². The molecule has 0 aromatic carbocycles. The van der Waals surface area contributed by atoms with E-state index in [2.05, 4.69) is 37.9 Å². The lowest BCUT2D eigenvalue weighted by molar-refractivity contribution is 0.0348. The van der Waals surface area contributed by atoms with Crippen LogP contribution in [0.3, 0.4) is 0 Å². The number of nitrogens with zero attached hydrogens (tertiary/aromatic N) is 1. The van der Waals surface area contributed by atoms with Crippen LogP contribution in [0.25, 0.3) is 0 Å². The van der Waals surface area contributed by atoms with Crippen molar-refractivity contribution in [1.82, 2.24) is 10.2 Å². The maximum atomic E-state index is 5.48. The second-order valence-electron chi connectivity index (χ2n) is 7.47. The molecule has 0 saturated carbocycles. The first-order valence-corrected chi connectivity index (χ1v) is 8.02. The topological polar surface area (TPSA) is 24.5 Å². The van der Waals surface area contributed by atoms with Crippen LogP contribution in [-0.4, -0.2) is 49.3 Å². The highest BCUT2D eigenvalue weighted by molar-refractivity contribution is 4.86. The zero-order valence-corrected chi connectivity index (χ0v) is 13.2. The predicted molar refractivity (Wildman–Crippen MR) is 80.4 cm³/mol. The fourth-order valence-electron chi connectivity index (χ4n) is 3.35. The van der Waals surface area contributed by atoms with Gasteiger partial charge in [0, 0.05) is 31.3 Å². The summed E-state index contributed by atoms with van der Waals surface area (Å²) in [4.78, 5) is 2.71. The van der Waals surface area contributed by atoms with Crippen molar-refractivity contribution < 1.29 is 4.74 Å². The number of likely N-dealkylation sites (tertiary alicyclic amines) is 1. The van der Waals surface area contributed by atoms with Gasteiger partial charge in [-0.25, -0.2) is 0 Å². The van der Waals surface area contributed by atoms with Gasteiger partial charge in [-0.2, -0.15) is 0 Å². The molecule has 2 aliphatic heterocycles. The van der Waals surface area contributed by atoms with Crippen molar-refractivity contribution in [2.45, 2.75) is 58.5 Å². The Balaban J connectivity index is 1.74. The fraction of sp³-hybridized carbons (Fsp3) is 1.00. The molecule has 1 N–H and O–H groups in total. The van der Waals surface area contributed by atoms with E-state index in [0.29, 0.717) is 0 Å². The van der Waals surface area contributed by atoms with Gasteiger partial charge in [0.1, 0.15) is 0 Å². The lowest BCUT2D eigenvalue weighted by atomic mass is 9.92. The van der Waals surface area contributed by atoms with E-state index >= 15 is 0 Å². The van der Waals surface area contributed by atoms with Crippen LogP contribution >= 0.6 is 0 Å². The van der Waals surface area contributed by atoms with Gasteiger partial charge in [0.05, 0.1) is 0 Å². The Morgan fingerprint density at radius 2 is 1.89 bits per heavy atom. The van der Waals surface area contributed by atoms with Gasteiger partial charge in [0.15, 0.2) is 0 Å². The quantitative estimate of drug-likeness (QED) is 0.848. The summed E-state index contributed by atoms with van der Waals surface area (Å²) in [6.45, 7) is 14.9.